The molecule has 4 heteroatoms. The maximum absolute atomic E-state index is 9.45. The van der Waals surface area contributed by atoms with Crippen molar-refractivity contribution in [2.24, 2.45) is 0 Å². The first-order valence-electron chi connectivity index (χ1n) is 6.94. The molecule has 0 saturated heterocycles. The summed E-state index contributed by atoms with van der Waals surface area (Å²) in [5.74, 6) is 2.91. The fraction of sp³-hybridized carbons (Fsp3) is 0.294. The van der Waals surface area contributed by atoms with Gasteiger partial charge in [0.2, 0.25) is 0 Å². The number of aliphatic hydroxyl groups is 1. The van der Waals surface area contributed by atoms with E-state index < -0.39 is 0 Å². The Balaban J connectivity index is 1.71. The van der Waals surface area contributed by atoms with E-state index in [2.05, 4.69) is 24.3 Å². The molecule has 1 unspecified atom stereocenters. The fourth-order valence-corrected chi connectivity index (χ4v) is 3.74. The first-order chi connectivity index (χ1) is 10.3. The lowest BCUT2D eigenvalue weighted by Gasteiger charge is -2.15. The molecule has 1 aliphatic heterocycles. The number of benzene rings is 2. The summed E-state index contributed by atoms with van der Waals surface area (Å²) < 4.78 is 11.1. The summed E-state index contributed by atoms with van der Waals surface area (Å²) in [6.07, 6.45) is 0. The molecule has 0 radical (unpaired) electrons. The minimum absolute atomic E-state index is 0.0530. The predicted molar refractivity (Wildman–Crippen MR) is 84.3 cm³/mol. The van der Waals surface area contributed by atoms with E-state index in [1.54, 1.807) is 7.11 Å². The molecule has 1 heterocycles. The van der Waals surface area contributed by atoms with Crippen LogP contribution in [0, 0.1) is 0 Å². The number of ether oxygens (including phenoxy) is 2. The number of hydrogen-bond donors (Lipinski definition) is 1. The van der Waals surface area contributed by atoms with Crippen molar-refractivity contribution in [3.63, 3.8) is 0 Å². The zero-order valence-corrected chi connectivity index (χ0v) is 12.7. The van der Waals surface area contributed by atoms with E-state index in [1.165, 1.54) is 10.5 Å². The highest BCUT2D eigenvalue weighted by atomic mass is 32.2. The summed E-state index contributed by atoms with van der Waals surface area (Å²) in [7, 11) is 1.61. The molecular weight excluding hydrogens is 284 g/mol. The van der Waals surface area contributed by atoms with Gasteiger partial charge >= 0.3 is 0 Å². The van der Waals surface area contributed by atoms with Gasteiger partial charge in [-0.25, -0.2) is 0 Å². The number of methoxy groups -OCH3 is 1. The zero-order valence-electron chi connectivity index (χ0n) is 11.9. The second-order valence-electron chi connectivity index (χ2n) is 4.99. The van der Waals surface area contributed by atoms with Gasteiger partial charge in [-0.3, -0.25) is 0 Å². The van der Waals surface area contributed by atoms with E-state index in [0.717, 1.165) is 22.8 Å². The first-order valence-corrected chi connectivity index (χ1v) is 7.92. The Kier molecular flexibility index (Phi) is 4.36. The summed E-state index contributed by atoms with van der Waals surface area (Å²) in [6.45, 7) is 0.575. The topological polar surface area (TPSA) is 38.7 Å². The van der Waals surface area contributed by atoms with Crippen LogP contribution in [-0.4, -0.2) is 24.6 Å². The van der Waals surface area contributed by atoms with Crippen molar-refractivity contribution < 1.29 is 14.6 Å². The van der Waals surface area contributed by atoms with Crippen molar-refractivity contribution in [1.82, 2.24) is 0 Å². The molecule has 0 amide bonds. The average Bonchev–Trinajstić information content (AvgIpc) is 2.96. The minimum atomic E-state index is -0.0530. The standard InChI is InChI=1S/C17H18O3S/c1-19-14-6-7-16(12(8-14)9-18)20-10-13-11-21-17-5-3-2-4-15(13)17/h2-8,13,18H,9-11H2,1H3. The summed E-state index contributed by atoms with van der Waals surface area (Å²) in [5, 5.41) is 9.45. The van der Waals surface area contributed by atoms with Gasteiger partial charge in [0.15, 0.2) is 0 Å². The largest absolute Gasteiger partial charge is 0.497 e. The molecule has 0 aliphatic carbocycles. The predicted octanol–water partition coefficient (Wildman–Crippen LogP) is 3.46. The molecule has 21 heavy (non-hydrogen) atoms. The second kappa shape index (κ2) is 6.41. The molecule has 3 nitrogen and oxygen atoms in total. The summed E-state index contributed by atoms with van der Waals surface area (Å²) in [4.78, 5) is 1.35. The molecule has 1 aliphatic rings. The van der Waals surface area contributed by atoms with E-state index >= 15 is 0 Å². The smallest absolute Gasteiger partial charge is 0.125 e. The molecule has 0 aromatic heterocycles. The maximum atomic E-state index is 9.45. The number of fused-ring (bicyclic) bond motifs is 1. The molecular formula is C17H18O3S. The van der Waals surface area contributed by atoms with E-state index in [1.807, 2.05) is 30.0 Å². The third-order valence-corrected chi connectivity index (χ3v) is 4.93. The van der Waals surface area contributed by atoms with Gasteiger partial charge in [0.05, 0.1) is 20.3 Å². The monoisotopic (exact) mass is 302 g/mol. The van der Waals surface area contributed by atoms with Crippen molar-refractivity contribution in [2.75, 3.05) is 19.5 Å². The van der Waals surface area contributed by atoms with Crippen molar-refractivity contribution in [1.29, 1.82) is 0 Å². The molecule has 3 rings (SSSR count). The van der Waals surface area contributed by atoms with Crippen LogP contribution in [-0.2, 0) is 6.61 Å². The summed E-state index contributed by atoms with van der Waals surface area (Å²) in [5.41, 5.74) is 2.12. The van der Waals surface area contributed by atoms with Crippen LogP contribution in [0.15, 0.2) is 47.4 Å². The van der Waals surface area contributed by atoms with E-state index in [4.69, 9.17) is 9.47 Å². The van der Waals surface area contributed by atoms with Crippen LogP contribution >= 0.6 is 11.8 Å². The lowest BCUT2D eigenvalue weighted by molar-refractivity contribution is 0.256. The molecule has 1 N–H and O–H groups in total. The van der Waals surface area contributed by atoms with Gasteiger partial charge in [-0.15, -0.1) is 11.8 Å². The third-order valence-electron chi connectivity index (χ3n) is 3.68. The van der Waals surface area contributed by atoms with Crippen molar-refractivity contribution in [2.45, 2.75) is 17.4 Å². The highest BCUT2D eigenvalue weighted by Crippen LogP contribution is 2.39. The van der Waals surface area contributed by atoms with Crippen molar-refractivity contribution >= 4 is 11.8 Å². The maximum Gasteiger partial charge on any atom is 0.125 e. The zero-order chi connectivity index (χ0) is 14.7. The fourth-order valence-electron chi connectivity index (χ4n) is 2.50. The number of hydrogen-bond acceptors (Lipinski definition) is 4. The quantitative estimate of drug-likeness (QED) is 0.918. The van der Waals surface area contributed by atoms with Gasteiger partial charge in [-0.1, -0.05) is 18.2 Å². The van der Waals surface area contributed by atoms with Crippen molar-refractivity contribution in [3.8, 4) is 11.5 Å². The molecule has 2 aromatic carbocycles. The molecule has 110 valence electrons. The van der Waals surface area contributed by atoms with Crippen LogP contribution in [0.5, 0.6) is 11.5 Å². The van der Waals surface area contributed by atoms with Gasteiger partial charge in [-0.05, 0) is 29.8 Å². The van der Waals surface area contributed by atoms with Crippen LogP contribution in [0.4, 0.5) is 0 Å². The first kappa shape index (κ1) is 14.3. The van der Waals surface area contributed by atoms with Gasteiger partial charge in [0.1, 0.15) is 11.5 Å². The van der Waals surface area contributed by atoms with Crippen LogP contribution in [0.2, 0.25) is 0 Å². The van der Waals surface area contributed by atoms with Gasteiger partial charge in [0.25, 0.3) is 0 Å². The lowest BCUT2D eigenvalue weighted by Crippen LogP contribution is -2.10. The van der Waals surface area contributed by atoms with Gasteiger partial charge < -0.3 is 14.6 Å². The average molecular weight is 302 g/mol. The normalized spacial score (nSPS) is 16.6. The Bertz CT molecular complexity index is 627. The molecule has 0 saturated carbocycles. The Hall–Kier alpha value is -1.65. The molecule has 2 aromatic rings. The Labute approximate surface area is 128 Å². The molecule has 0 fully saturated rings. The van der Waals surface area contributed by atoms with E-state index in [9.17, 15) is 5.11 Å². The van der Waals surface area contributed by atoms with Crippen LogP contribution in [0.25, 0.3) is 0 Å². The number of aliphatic hydroxyl groups excluding tert-OH is 1. The van der Waals surface area contributed by atoms with Crippen LogP contribution in [0.1, 0.15) is 17.0 Å². The summed E-state index contributed by atoms with van der Waals surface area (Å²) >= 11 is 1.88. The van der Waals surface area contributed by atoms with Crippen LogP contribution < -0.4 is 9.47 Å². The summed E-state index contributed by atoms with van der Waals surface area (Å²) in [6, 6.07) is 14.0. The Morgan fingerprint density at radius 1 is 1.24 bits per heavy atom. The van der Waals surface area contributed by atoms with Gasteiger partial charge in [0, 0.05) is 22.1 Å². The number of rotatable bonds is 5. The Morgan fingerprint density at radius 2 is 2.10 bits per heavy atom. The lowest BCUT2D eigenvalue weighted by atomic mass is 10.0. The van der Waals surface area contributed by atoms with E-state index in [-0.39, 0.29) is 6.61 Å². The highest BCUT2D eigenvalue weighted by Gasteiger charge is 2.23. The third kappa shape index (κ3) is 3.01. The molecule has 0 spiro atoms. The van der Waals surface area contributed by atoms with Crippen molar-refractivity contribution in [3.05, 3.63) is 53.6 Å². The number of thioether (sulfide) groups is 1. The molecule has 0 bridgehead atoms. The highest BCUT2D eigenvalue weighted by molar-refractivity contribution is 7.99. The Morgan fingerprint density at radius 3 is 2.90 bits per heavy atom. The van der Waals surface area contributed by atoms with Gasteiger partial charge in [-0.2, -0.15) is 0 Å². The van der Waals surface area contributed by atoms with Crippen LogP contribution in [0.3, 0.4) is 0 Å². The SMILES string of the molecule is COc1ccc(OCC2CSc3ccccc32)c(CO)c1. The van der Waals surface area contributed by atoms with E-state index in [0.29, 0.717) is 12.5 Å². The second-order valence-corrected chi connectivity index (χ2v) is 6.05. The minimum Gasteiger partial charge on any atom is -0.497 e. The molecule has 1 atom stereocenters.